The van der Waals surface area contributed by atoms with Crippen LogP contribution in [0.2, 0.25) is 0 Å². The molecule has 0 unspecified atom stereocenters. The molecule has 0 aliphatic rings. The smallest absolute Gasteiger partial charge is 0.251 e. The third-order valence-electron chi connectivity index (χ3n) is 4.35. The molecule has 138 valence electrons. The lowest BCUT2D eigenvalue weighted by atomic mass is 10.0. The predicted molar refractivity (Wildman–Crippen MR) is 113 cm³/mol. The Hall–Kier alpha value is -3.18. The van der Waals surface area contributed by atoms with Gasteiger partial charge in [-0.25, -0.2) is 0 Å². The van der Waals surface area contributed by atoms with Crippen LogP contribution >= 0.6 is 15.9 Å². The van der Waals surface area contributed by atoms with E-state index in [0.29, 0.717) is 23.6 Å². The van der Waals surface area contributed by atoms with Crippen molar-refractivity contribution in [2.75, 3.05) is 0 Å². The van der Waals surface area contributed by atoms with Crippen molar-refractivity contribution < 1.29 is 9.32 Å². The van der Waals surface area contributed by atoms with Crippen molar-refractivity contribution >= 4 is 21.8 Å². The van der Waals surface area contributed by atoms with Crippen LogP contribution in [0.5, 0.6) is 0 Å². The van der Waals surface area contributed by atoms with Crippen LogP contribution in [0.4, 0.5) is 0 Å². The van der Waals surface area contributed by atoms with Gasteiger partial charge in [0.1, 0.15) is 5.69 Å². The van der Waals surface area contributed by atoms with Crippen LogP contribution in [0.3, 0.4) is 0 Å². The van der Waals surface area contributed by atoms with E-state index >= 15 is 0 Å². The highest BCUT2D eigenvalue weighted by molar-refractivity contribution is 9.10. The zero-order valence-electron chi connectivity index (χ0n) is 14.9. The number of aromatic nitrogens is 1. The third kappa shape index (κ3) is 4.21. The fourth-order valence-corrected chi connectivity index (χ4v) is 3.29. The summed E-state index contributed by atoms with van der Waals surface area (Å²) in [6.45, 7) is 0.303. The Morgan fingerprint density at radius 2 is 1.57 bits per heavy atom. The summed E-state index contributed by atoms with van der Waals surface area (Å²) < 4.78 is 6.31. The lowest BCUT2D eigenvalue weighted by Gasteiger charge is -2.03. The van der Waals surface area contributed by atoms with Crippen LogP contribution in [0.1, 0.15) is 16.1 Å². The second-order valence-electron chi connectivity index (χ2n) is 6.32. The fraction of sp³-hybridized carbons (Fsp3) is 0.0435. The van der Waals surface area contributed by atoms with Gasteiger partial charge in [0.2, 0.25) is 0 Å². The summed E-state index contributed by atoms with van der Waals surface area (Å²) in [5, 5.41) is 6.91. The number of nitrogens with one attached hydrogen (secondary N) is 1. The molecule has 1 heterocycles. The first-order chi connectivity index (χ1) is 13.7. The van der Waals surface area contributed by atoms with Gasteiger partial charge in [0.05, 0.1) is 6.54 Å². The first-order valence-corrected chi connectivity index (χ1v) is 9.63. The van der Waals surface area contributed by atoms with Crippen molar-refractivity contribution in [1.29, 1.82) is 0 Å². The molecular weight excluding hydrogens is 416 g/mol. The van der Waals surface area contributed by atoms with Crippen molar-refractivity contribution in [3.8, 4) is 22.5 Å². The zero-order chi connectivity index (χ0) is 19.3. The molecule has 4 nitrogen and oxygen atoms in total. The molecule has 1 amide bonds. The monoisotopic (exact) mass is 432 g/mol. The lowest BCUT2D eigenvalue weighted by molar-refractivity contribution is 0.0950. The fourth-order valence-electron chi connectivity index (χ4n) is 2.89. The molecule has 1 N–H and O–H groups in total. The number of benzene rings is 3. The van der Waals surface area contributed by atoms with Gasteiger partial charge in [-0.05, 0) is 29.3 Å². The standard InChI is InChI=1S/C23H17BrN2O2/c24-20-8-4-7-19(13-20)23(27)25-15-21-14-22(28-26-21)18-11-9-17(10-12-18)16-5-2-1-3-6-16/h1-14H,15H2,(H,25,27). The van der Waals surface area contributed by atoms with Crippen LogP contribution in [0.25, 0.3) is 22.5 Å². The van der Waals surface area contributed by atoms with E-state index in [1.165, 1.54) is 5.56 Å². The molecule has 0 aliphatic carbocycles. The lowest BCUT2D eigenvalue weighted by Crippen LogP contribution is -2.22. The number of carbonyl (C=O) groups is 1. The van der Waals surface area contributed by atoms with Crippen molar-refractivity contribution in [3.05, 3.63) is 101 Å². The van der Waals surface area contributed by atoms with Crippen LogP contribution in [0.15, 0.2) is 93.9 Å². The summed E-state index contributed by atoms with van der Waals surface area (Å²) in [7, 11) is 0. The third-order valence-corrected chi connectivity index (χ3v) is 4.85. The van der Waals surface area contributed by atoms with E-state index in [-0.39, 0.29) is 5.91 Å². The number of hydrogen-bond donors (Lipinski definition) is 1. The molecule has 0 radical (unpaired) electrons. The molecule has 0 atom stereocenters. The van der Waals surface area contributed by atoms with E-state index in [4.69, 9.17) is 4.52 Å². The quantitative estimate of drug-likeness (QED) is 0.439. The minimum Gasteiger partial charge on any atom is -0.356 e. The first kappa shape index (κ1) is 18.2. The average molecular weight is 433 g/mol. The zero-order valence-corrected chi connectivity index (χ0v) is 16.5. The van der Waals surface area contributed by atoms with Gasteiger partial charge in [-0.1, -0.05) is 81.8 Å². The van der Waals surface area contributed by atoms with E-state index in [1.807, 2.05) is 48.5 Å². The molecule has 4 rings (SSSR count). The molecule has 3 aromatic carbocycles. The largest absolute Gasteiger partial charge is 0.356 e. The summed E-state index contributed by atoms with van der Waals surface area (Å²) in [6, 6.07) is 27.4. The van der Waals surface area contributed by atoms with Gasteiger partial charge in [-0.2, -0.15) is 0 Å². The van der Waals surface area contributed by atoms with Gasteiger partial charge in [-0.15, -0.1) is 0 Å². The minimum absolute atomic E-state index is 0.155. The van der Waals surface area contributed by atoms with Gasteiger partial charge in [0.25, 0.3) is 5.91 Å². The molecule has 0 saturated heterocycles. The highest BCUT2D eigenvalue weighted by atomic mass is 79.9. The Kier molecular flexibility index (Phi) is 5.35. The maximum atomic E-state index is 12.2. The van der Waals surface area contributed by atoms with Crippen LogP contribution < -0.4 is 5.32 Å². The molecule has 28 heavy (non-hydrogen) atoms. The summed E-state index contributed by atoms with van der Waals surface area (Å²) in [5.41, 5.74) is 4.52. The van der Waals surface area contributed by atoms with Crippen molar-refractivity contribution in [3.63, 3.8) is 0 Å². The van der Waals surface area contributed by atoms with E-state index in [1.54, 1.807) is 12.1 Å². The molecule has 1 aromatic heterocycles. The molecule has 4 aromatic rings. The number of rotatable bonds is 5. The number of amides is 1. The Bertz CT molecular complexity index is 1090. The molecule has 0 fully saturated rings. The predicted octanol–water partition coefficient (Wildman–Crippen LogP) is 5.70. The van der Waals surface area contributed by atoms with E-state index in [9.17, 15) is 4.79 Å². The summed E-state index contributed by atoms with van der Waals surface area (Å²) in [5.74, 6) is 0.518. The second kappa shape index (κ2) is 8.23. The highest BCUT2D eigenvalue weighted by Crippen LogP contribution is 2.25. The molecule has 0 saturated carbocycles. The number of nitrogens with zero attached hydrogens (tertiary/aromatic N) is 1. The SMILES string of the molecule is O=C(NCc1cc(-c2ccc(-c3ccccc3)cc2)on1)c1cccc(Br)c1. The number of carbonyl (C=O) groups excluding carboxylic acids is 1. The van der Waals surface area contributed by atoms with Crippen LogP contribution in [-0.4, -0.2) is 11.1 Å². The van der Waals surface area contributed by atoms with E-state index < -0.39 is 0 Å². The summed E-state index contributed by atoms with van der Waals surface area (Å²) >= 11 is 3.37. The van der Waals surface area contributed by atoms with Crippen molar-refractivity contribution in [1.82, 2.24) is 10.5 Å². The summed E-state index contributed by atoms with van der Waals surface area (Å²) in [6.07, 6.45) is 0. The van der Waals surface area contributed by atoms with Crippen molar-refractivity contribution in [2.45, 2.75) is 6.54 Å². The Morgan fingerprint density at radius 3 is 2.32 bits per heavy atom. The number of halogens is 1. The van der Waals surface area contributed by atoms with Gasteiger partial charge in [0.15, 0.2) is 5.76 Å². The van der Waals surface area contributed by atoms with Gasteiger partial charge in [0, 0.05) is 21.7 Å². The van der Waals surface area contributed by atoms with E-state index in [0.717, 1.165) is 15.6 Å². The molecule has 5 heteroatoms. The molecule has 0 spiro atoms. The van der Waals surface area contributed by atoms with E-state index in [2.05, 4.69) is 50.7 Å². The molecule has 0 aliphatic heterocycles. The van der Waals surface area contributed by atoms with Crippen LogP contribution in [0, 0.1) is 0 Å². The Labute approximate surface area is 171 Å². The molecule has 0 bridgehead atoms. The summed E-state index contributed by atoms with van der Waals surface area (Å²) in [4.78, 5) is 12.2. The Morgan fingerprint density at radius 1 is 0.857 bits per heavy atom. The van der Waals surface area contributed by atoms with Gasteiger partial charge < -0.3 is 9.84 Å². The van der Waals surface area contributed by atoms with Gasteiger partial charge >= 0.3 is 0 Å². The highest BCUT2D eigenvalue weighted by Gasteiger charge is 2.10. The number of hydrogen-bond acceptors (Lipinski definition) is 3. The van der Waals surface area contributed by atoms with Gasteiger partial charge in [-0.3, -0.25) is 4.79 Å². The maximum Gasteiger partial charge on any atom is 0.251 e. The molecular formula is C23H17BrN2O2. The normalized spacial score (nSPS) is 10.6. The second-order valence-corrected chi connectivity index (χ2v) is 7.23. The van der Waals surface area contributed by atoms with Crippen molar-refractivity contribution in [2.24, 2.45) is 0 Å². The van der Waals surface area contributed by atoms with Crippen LogP contribution in [-0.2, 0) is 6.54 Å². The topological polar surface area (TPSA) is 55.1 Å². The minimum atomic E-state index is -0.155. The maximum absolute atomic E-state index is 12.2. The average Bonchev–Trinajstić information content (AvgIpc) is 3.22. The first-order valence-electron chi connectivity index (χ1n) is 8.84. The Balaban J connectivity index is 1.42.